The van der Waals surface area contributed by atoms with Crippen LogP contribution in [0.5, 0.6) is 0 Å². The van der Waals surface area contributed by atoms with E-state index in [0.717, 1.165) is 170 Å². The van der Waals surface area contributed by atoms with Gasteiger partial charge in [-0.3, -0.25) is 19.2 Å². The summed E-state index contributed by atoms with van der Waals surface area (Å²) in [4.78, 5) is 96.8. The standard InChI is InChI=1S/C25H29F3N4O.C24H28Cl2N4O.C21H24Cl2N4O.C19H21FN4O/c1-17(2)12-14-31(24(33)18-7-5-8-19(15-18)25(26,27)28)16-22-30-21-11-6-13-29-23(21)32(22)20-9-3-4-10-20;1-2-3-6-14-29(24(31)19-12-11-17(25)15-20(19)26)16-22-28-21-10-7-13-27-23(21)30(22)18-8-4-5-9-18;1-4-10-27-19(25-18-6-5-9-24-20(18)27)13-26(12-14(2)3)21(28)16-8-7-15(22)11-17(16)23;1-4-10-24-17(22-16-6-5-9-21-18(16)24)12-23(3)19(25)15-8-7-14(20)11-13(15)2/h5-8,11,13,15,17,20H,3-4,9-10,12,14,16H2,1-2H3;7,10-13,15,18H,2-6,8-9,14,16H2,1H3;5-9,11,14H,4,10,12-13H2,1-3H3;5-9,11H,4,10,12H2,1-3H3. The molecule has 618 valence electrons. The van der Waals surface area contributed by atoms with Crippen LogP contribution in [0.25, 0.3) is 44.7 Å². The van der Waals surface area contributed by atoms with Gasteiger partial charge < -0.3 is 37.9 Å². The van der Waals surface area contributed by atoms with Crippen LogP contribution in [0.1, 0.15) is 226 Å². The molecule has 2 aliphatic rings. The monoisotopic (exact) mass is 1670 g/mol. The van der Waals surface area contributed by atoms with Crippen LogP contribution in [-0.2, 0) is 45.4 Å². The molecule has 2 saturated carbocycles. The Balaban J connectivity index is 0.000000154. The van der Waals surface area contributed by atoms with Gasteiger partial charge in [-0.1, -0.05) is 139 Å². The quantitative estimate of drug-likeness (QED) is 0.0348. The summed E-state index contributed by atoms with van der Waals surface area (Å²) in [6.07, 6.45) is 17.3. The second-order valence-corrected chi connectivity index (χ2v) is 32.5. The highest BCUT2D eigenvalue weighted by Gasteiger charge is 2.34. The van der Waals surface area contributed by atoms with Gasteiger partial charge in [0.1, 0.15) is 51.2 Å². The Morgan fingerprint density at radius 1 is 0.479 bits per heavy atom. The summed E-state index contributed by atoms with van der Waals surface area (Å²) in [5.41, 5.74) is 7.98. The molecule has 8 heterocycles. The minimum atomic E-state index is -4.50. The molecule has 2 aliphatic carbocycles. The van der Waals surface area contributed by atoms with Crippen molar-refractivity contribution >= 4 is 115 Å². The van der Waals surface area contributed by atoms with Crippen molar-refractivity contribution in [3.63, 3.8) is 0 Å². The average molecular weight is 1680 g/mol. The van der Waals surface area contributed by atoms with Crippen LogP contribution >= 0.6 is 46.4 Å². The number of pyridine rings is 4. The Bertz CT molecular complexity index is 5400. The Kier molecular flexibility index (Phi) is 30.8. The molecule has 0 atom stereocenters. The molecule has 28 heteroatoms. The number of hydrogen-bond donors (Lipinski definition) is 0. The maximum atomic E-state index is 13.5. The smallest absolute Gasteiger partial charge is 0.334 e. The molecule has 117 heavy (non-hydrogen) atoms. The molecule has 0 N–H and O–H groups in total. The van der Waals surface area contributed by atoms with Gasteiger partial charge >= 0.3 is 6.18 Å². The van der Waals surface area contributed by atoms with E-state index in [0.29, 0.717) is 99.5 Å². The van der Waals surface area contributed by atoms with Crippen molar-refractivity contribution in [1.82, 2.24) is 77.7 Å². The van der Waals surface area contributed by atoms with E-state index >= 15 is 0 Å². The Morgan fingerprint density at radius 2 is 0.923 bits per heavy atom. The predicted molar refractivity (Wildman–Crippen MR) is 455 cm³/mol. The number of imidazole rings is 4. The molecule has 0 aliphatic heterocycles. The number of carbonyl (C=O) groups excluding carboxylic acids is 4. The summed E-state index contributed by atoms with van der Waals surface area (Å²) in [6, 6.07) is 34.8. The van der Waals surface area contributed by atoms with E-state index in [4.69, 9.17) is 61.4 Å². The van der Waals surface area contributed by atoms with Gasteiger partial charge in [-0.15, -0.1) is 0 Å². The zero-order valence-electron chi connectivity index (χ0n) is 67.8. The molecule has 2 fully saturated rings. The van der Waals surface area contributed by atoms with Crippen LogP contribution in [-0.4, -0.2) is 128 Å². The molecule has 0 unspecified atom stereocenters. The van der Waals surface area contributed by atoms with Gasteiger partial charge in [0, 0.05) is 97.8 Å². The van der Waals surface area contributed by atoms with Gasteiger partial charge in [0.15, 0.2) is 22.6 Å². The van der Waals surface area contributed by atoms with Gasteiger partial charge in [-0.2, -0.15) is 13.2 Å². The Labute approximate surface area is 701 Å². The van der Waals surface area contributed by atoms with Gasteiger partial charge in [0.2, 0.25) is 0 Å². The van der Waals surface area contributed by atoms with Crippen LogP contribution < -0.4 is 0 Å². The first-order chi connectivity index (χ1) is 56.2. The summed E-state index contributed by atoms with van der Waals surface area (Å²) in [7, 11) is 1.73. The third kappa shape index (κ3) is 22.3. The molecule has 8 aromatic heterocycles. The van der Waals surface area contributed by atoms with Crippen molar-refractivity contribution in [2.75, 3.05) is 26.7 Å². The third-order valence-corrected chi connectivity index (χ3v) is 21.9. The first-order valence-corrected chi connectivity index (χ1v) is 42.0. The number of benzene rings is 4. The maximum absolute atomic E-state index is 13.5. The minimum absolute atomic E-state index is 0.0373. The Hall–Kier alpha value is -9.88. The van der Waals surface area contributed by atoms with E-state index in [-0.39, 0.29) is 41.7 Å². The molecular weight excluding hydrogens is 1570 g/mol. The summed E-state index contributed by atoms with van der Waals surface area (Å²) in [5.74, 6) is 2.78. The Morgan fingerprint density at radius 3 is 1.38 bits per heavy atom. The van der Waals surface area contributed by atoms with E-state index in [1.54, 1.807) is 83.7 Å². The SMILES string of the molecule is CC(C)CCN(Cc1nc2cccnc2n1C1CCCC1)C(=O)c1cccc(C(F)(F)F)c1.CCCCCN(Cc1nc2cccnc2n1C1CCCC1)C(=O)c1ccc(Cl)cc1Cl.CCCn1c(CN(C)C(=O)c2ccc(F)cc2C)nc2cccnc21.CCCn1c(CN(CC(C)C)C(=O)c2ccc(Cl)cc2Cl)nc2cccnc21. The highest BCUT2D eigenvalue weighted by molar-refractivity contribution is 6.37. The molecule has 0 saturated heterocycles. The molecule has 20 nitrogen and oxygen atoms in total. The molecule has 0 bridgehead atoms. The third-order valence-electron chi connectivity index (χ3n) is 20.8. The van der Waals surface area contributed by atoms with E-state index in [2.05, 4.69) is 91.7 Å². The van der Waals surface area contributed by atoms with Crippen LogP contribution in [0.15, 0.2) is 152 Å². The van der Waals surface area contributed by atoms with E-state index in [1.807, 2.05) is 59.6 Å². The molecule has 4 amide bonds. The van der Waals surface area contributed by atoms with Crippen molar-refractivity contribution in [3.05, 3.63) is 235 Å². The summed E-state index contributed by atoms with van der Waals surface area (Å²) in [6.45, 7) is 21.1. The summed E-state index contributed by atoms with van der Waals surface area (Å²) in [5, 5.41) is 1.76. The number of fused-ring (bicyclic) bond motifs is 4. The van der Waals surface area contributed by atoms with E-state index < -0.39 is 17.6 Å². The second-order valence-electron chi connectivity index (χ2n) is 30.8. The molecule has 0 radical (unpaired) electrons. The zero-order valence-corrected chi connectivity index (χ0v) is 70.8. The fourth-order valence-electron chi connectivity index (χ4n) is 15.1. The van der Waals surface area contributed by atoms with Crippen molar-refractivity contribution in [2.24, 2.45) is 11.8 Å². The molecule has 14 rings (SSSR count). The van der Waals surface area contributed by atoms with Crippen LogP contribution in [0, 0.1) is 24.6 Å². The lowest BCUT2D eigenvalue weighted by atomic mass is 10.1. The predicted octanol–water partition coefficient (Wildman–Crippen LogP) is 21.9. The van der Waals surface area contributed by atoms with Crippen molar-refractivity contribution < 1.29 is 36.7 Å². The highest BCUT2D eigenvalue weighted by atomic mass is 35.5. The van der Waals surface area contributed by atoms with Gasteiger partial charge in [0.25, 0.3) is 23.6 Å². The van der Waals surface area contributed by atoms with Gasteiger partial charge in [-0.05, 0) is 197 Å². The number of aromatic nitrogens is 12. The van der Waals surface area contributed by atoms with Gasteiger partial charge in [0.05, 0.1) is 52.9 Å². The summed E-state index contributed by atoms with van der Waals surface area (Å²) < 4.78 is 61.5. The lowest BCUT2D eigenvalue weighted by Gasteiger charge is -2.25. The highest BCUT2D eigenvalue weighted by Crippen LogP contribution is 2.37. The number of aryl methyl sites for hydroxylation is 3. The fourth-order valence-corrected chi connectivity index (χ4v) is 16.1. The van der Waals surface area contributed by atoms with Crippen LogP contribution in [0.4, 0.5) is 17.6 Å². The second kappa shape index (κ2) is 41.0. The number of amides is 4. The number of carbonyl (C=O) groups is 4. The van der Waals surface area contributed by atoms with E-state index in [9.17, 15) is 36.7 Å². The maximum Gasteiger partial charge on any atom is 0.416 e. The van der Waals surface area contributed by atoms with Crippen LogP contribution in [0.2, 0.25) is 20.1 Å². The van der Waals surface area contributed by atoms with E-state index in [1.165, 1.54) is 43.2 Å². The number of rotatable bonds is 27. The molecule has 12 aromatic rings. The van der Waals surface area contributed by atoms with Crippen molar-refractivity contribution in [3.8, 4) is 0 Å². The summed E-state index contributed by atoms with van der Waals surface area (Å²) >= 11 is 24.7. The minimum Gasteiger partial charge on any atom is -0.334 e. The number of unbranched alkanes of at least 4 members (excludes halogenated alkanes) is 2. The lowest BCUT2D eigenvalue weighted by molar-refractivity contribution is -0.137. The van der Waals surface area contributed by atoms with Gasteiger partial charge in [-0.25, -0.2) is 44.3 Å². The molecule has 0 spiro atoms. The molecular formula is C89H102Cl4F4N16O4. The number of halogens is 8. The fraction of sp³-hybridized carbons (Fsp3) is 0.416. The largest absolute Gasteiger partial charge is 0.416 e. The number of nitrogens with zero attached hydrogens (tertiary/aromatic N) is 16. The van der Waals surface area contributed by atoms with Crippen LogP contribution in [0.3, 0.4) is 0 Å². The number of alkyl halides is 3. The zero-order chi connectivity index (χ0) is 83.6. The van der Waals surface area contributed by atoms with Crippen molar-refractivity contribution in [1.29, 1.82) is 0 Å². The first-order valence-electron chi connectivity index (χ1n) is 40.4. The molecule has 4 aromatic carbocycles. The topological polar surface area (TPSA) is 204 Å². The number of hydrogen-bond acceptors (Lipinski definition) is 12. The first kappa shape index (κ1) is 87.9. The average Bonchev–Trinajstić information content (AvgIpc) is 1.65. The van der Waals surface area contributed by atoms with Crippen molar-refractivity contribution in [2.45, 2.75) is 203 Å². The normalized spacial score (nSPS) is 13.1. The lowest BCUT2D eigenvalue weighted by Crippen LogP contribution is -2.35.